The predicted octanol–water partition coefficient (Wildman–Crippen LogP) is 5.67. The molecule has 246 valence electrons. The van der Waals surface area contributed by atoms with E-state index in [0.717, 1.165) is 49.4 Å². The molecule has 2 atom stereocenters. The van der Waals surface area contributed by atoms with Gasteiger partial charge in [0.1, 0.15) is 11.4 Å². The lowest BCUT2D eigenvalue weighted by Gasteiger charge is -2.39. The highest BCUT2D eigenvalue weighted by Crippen LogP contribution is 2.49. The van der Waals surface area contributed by atoms with Gasteiger partial charge in [-0.25, -0.2) is 9.37 Å². The zero-order chi connectivity index (χ0) is 33.1. The minimum absolute atomic E-state index is 0.00119. The molecular formula is C34H38F4N4O4. The van der Waals surface area contributed by atoms with Crippen LogP contribution in [0.2, 0.25) is 0 Å². The molecule has 2 N–H and O–H groups in total. The Labute approximate surface area is 265 Å². The number of aliphatic hydroxyl groups is 1. The number of rotatable bonds is 11. The first kappa shape index (κ1) is 33.2. The van der Waals surface area contributed by atoms with Gasteiger partial charge in [-0.15, -0.1) is 13.2 Å². The second-order valence-electron chi connectivity index (χ2n) is 11.6. The number of halogens is 4. The number of ether oxygens (including phenoxy) is 3. The van der Waals surface area contributed by atoms with Crippen LogP contribution in [0.4, 0.5) is 23.2 Å². The summed E-state index contributed by atoms with van der Waals surface area (Å²) in [6, 6.07) is 17.4. The van der Waals surface area contributed by atoms with Crippen molar-refractivity contribution in [3.05, 3.63) is 89.2 Å². The summed E-state index contributed by atoms with van der Waals surface area (Å²) in [5, 5.41) is 17.0. The van der Waals surface area contributed by atoms with Crippen LogP contribution < -0.4 is 24.4 Å². The summed E-state index contributed by atoms with van der Waals surface area (Å²) >= 11 is 0. The fourth-order valence-corrected chi connectivity index (χ4v) is 6.05. The topological polar surface area (TPSA) is 79.3 Å². The number of piperazine rings is 1. The summed E-state index contributed by atoms with van der Waals surface area (Å²) < 4.78 is 71.4. The Balaban J connectivity index is 1.78. The number of pyridine rings is 1. The van der Waals surface area contributed by atoms with E-state index in [9.17, 15) is 18.3 Å². The maximum Gasteiger partial charge on any atom is 0.573 e. The number of fused-ring (bicyclic) bond motifs is 1. The van der Waals surface area contributed by atoms with Crippen LogP contribution in [0, 0.1) is 5.82 Å². The van der Waals surface area contributed by atoms with Crippen molar-refractivity contribution in [2.24, 2.45) is 0 Å². The zero-order valence-electron chi connectivity index (χ0n) is 26.2. The van der Waals surface area contributed by atoms with Gasteiger partial charge in [0.15, 0.2) is 11.6 Å². The van der Waals surface area contributed by atoms with E-state index in [-0.39, 0.29) is 29.2 Å². The molecule has 8 nitrogen and oxygen atoms in total. The molecule has 0 bridgehead atoms. The van der Waals surface area contributed by atoms with Crippen LogP contribution >= 0.6 is 0 Å². The third-order valence-electron chi connectivity index (χ3n) is 8.29. The molecular weight excluding hydrogens is 604 g/mol. The summed E-state index contributed by atoms with van der Waals surface area (Å²) in [7, 11) is 6.38. The van der Waals surface area contributed by atoms with Crippen molar-refractivity contribution >= 4 is 16.6 Å². The van der Waals surface area contributed by atoms with E-state index >= 15 is 4.39 Å². The molecule has 46 heavy (non-hydrogen) atoms. The summed E-state index contributed by atoms with van der Waals surface area (Å²) in [6.45, 7) is 3.63. The molecule has 12 heteroatoms. The molecule has 2 unspecified atom stereocenters. The lowest BCUT2D eigenvalue weighted by Crippen LogP contribution is -2.43. The van der Waals surface area contributed by atoms with Crippen molar-refractivity contribution in [2.45, 2.75) is 24.3 Å². The Bertz CT molecular complexity index is 1660. The lowest BCUT2D eigenvalue weighted by molar-refractivity contribution is -0.274. The van der Waals surface area contributed by atoms with Crippen LogP contribution in [0.15, 0.2) is 66.7 Å². The number of aromatic nitrogens is 1. The molecule has 5 rings (SSSR count). The third kappa shape index (κ3) is 7.14. The van der Waals surface area contributed by atoms with Crippen molar-refractivity contribution in [1.29, 1.82) is 0 Å². The number of hydrogen-bond acceptors (Lipinski definition) is 8. The van der Waals surface area contributed by atoms with E-state index < -0.39 is 29.4 Å². The molecule has 0 aliphatic carbocycles. The average Bonchev–Trinajstić information content (AvgIpc) is 3.03. The van der Waals surface area contributed by atoms with Gasteiger partial charge in [0.05, 0.1) is 25.7 Å². The van der Waals surface area contributed by atoms with Gasteiger partial charge in [-0.2, -0.15) is 0 Å². The predicted molar refractivity (Wildman–Crippen MR) is 168 cm³/mol. The minimum atomic E-state index is -4.95. The van der Waals surface area contributed by atoms with Crippen LogP contribution in [-0.2, 0) is 5.60 Å². The van der Waals surface area contributed by atoms with Gasteiger partial charge < -0.3 is 34.4 Å². The van der Waals surface area contributed by atoms with Gasteiger partial charge in [0.2, 0.25) is 5.88 Å². The molecule has 1 fully saturated rings. The van der Waals surface area contributed by atoms with Gasteiger partial charge in [0, 0.05) is 54.9 Å². The number of anilines is 1. The van der Waals surface area contributed by atoms with Crippen LogP contribution in [0.3, 0.4) is 0 Å². The van der Waals surface area contributed by atoms with Gasteiger partial charge >= 0.3 is 6.36 Å². The lowest BCUT2D eigenvalue weighted by atomic mass is 9.71. The Morgan fingerprint density at radius 2 is 1.70 bits per heavy atom. The summed E-state index contributed by atoms with van der Waals surface area (Å²) in [4.78, 5) is 8.84. The molecule has 0 radical (unpaired) electrons. The fourth-order valence-electron chi connectivity index (χ4n) is 6.05. The number of hydrogen-bond donors (Lipinski definition) is 2. The monoisotopic (exact) mass is 642 g/mol. The van der Waals surface area contributed by atoms with E-state index in [1.807, 2.05) is 29.2 Å². The molecule has 1 aliphatic rings. The highest BCUT2D eigenvalue weighted by Gasteiger charge is 2.44. The first-order valence-electron chi connectivity index (χ1n) is 14.9. The number of nitrogens with zero attached hydrogens (tertiary/aromatic N) is 3. The van der Waals surface area contributed by atoms with Crippen molar-refractivity contribution in [1.82, 2.24) is 15.2 Å². The smallest absolute Gasteiger partial charge is 0.494 e. The number of methoxy groups -OCH3 is 2. The Morgan fingerprint density at radius 1 is 0.957 bits per heavy atom. The molecule has 1 saturated heterocycles. The second-order valence-corrected chi connectivity index (χ2v) is 11.6. The van der Waals surface area contributed by atoms with E-state index in [2.05, 4.69) is 15.0 Å². The highest BCUT2D eigenvalue weighted by atomic mass is 19.4. The van der Waals surface area contributed by atoms with Gasteiger partial charge in [0.25, 0.3) is 0 Å². The second kappa shape index (κ2) is 13.7. The van der Waals surface area contributed by atoms with Crippen LogP contribution in [0.25, 0.3) is 10.9 Å². The van der Waals surface area contributed by atoms with Gasteiger partial charge in [-0.3, -0.25) is 0 Å². The normalized spacial score (nSPS) is 15.9. The van der Waals surface area contributed by atoms with Gasteiger partial charge in [-0.05, 0) is 68.5 Å². The largest absolute Gasteiger partial charge is 0.573 e. The fraction of sp³-hybridized carbons (Fsp3) is 0.382. The summed E-state index contributed by atoms with van der Waals surface area (Å²) in [5.41, 5.74) is 0.127. The average molecular weight is 643 g/mol. The van der Waals surface area contributed by atoms with Crippen LogP contribution in [0.5, 0.6) is 17.4 Å². The highest BCUT2D eigenvalue weighted by molar-refractivity contribution is 5.84. The minimum Gasteiger partial charge on any atom is -0.494 e. The SMILES string of the molecule is COc1cccc(C(c2cc3cc(N4CCNCC4)ccc3nc2OC)C(O)(CCN(C)C)c2cccc(OC(F)(F)F)c2)c1F. The molecule has 0 spiro atoms. The summed E-state index contributed by atoms with van der Waals surface area (Å²) in [6.07, 6.45) is -4.95. The van der Waals surface area contributed by atoms with E-state index in [1.54, 1.807) is 20.2 Å². The Kier molecular flexibility index (Phi) is 9.90. The zero-order valence-corrected chi connectivity index (χ0v) is 26.2. The number of benzene rings is 3. The molecule has 2 heterocycles. The standard InChI is InChI=1S/C34H38F4N4O4/c1-41(2)16-13-33(43,23-7-5-8-25(21-23)46-34(36,37)38)30(26-9-6-10-29(44-3)31(26)35)27-20-22-19-24(42-17-14-39-15-18-42)11-12-28(22)40-32(27)45-4/h5-12,19-21,30,39,43H,13-18H2,1-4H3. The number of nitrogens with one attached hydrogen (secondary N) is 1. The maximum absolute atomic E-state index is 16.3. The Hall–Kier alpha value is -4.13. The van der Waals surface area contributed by atoms with Crippen molar-refractivity contribution in [3.63, 3.8) is 0 Å². The van der Waals surface area contributed by atoms with Crippen molar-refractivity contribution < 1.29 is 36.9 Å². The van der Waals surface area contributed by atoms with Crippen LogP contribution in [-0.4, -0.2) is 82.4 Å². The van der Waals surface area contributed by atoms with E-state index in [1.165, 1.54) is 38.5 Å². The molecule has 3 aromatic carbocycles. The quantitative estimate of drug-likeness (QED) is 0.203. The van der Waals surface area contributed by atoms with E-state index in [0.29, 0.717) is 17.6 Å². The first-order valence-corrected chi connectivity index (χ1v) is 14.9. The third-order valence-corrected chi connectivity index (χ3v) is 8.29. The Morgan fingerprint density at radius 3 is 2.37 bits per heavy atom. The van der Waals surface area contributed by atoms with Crippen LogP contribution in [0.1, 0.15) is 29.0 Å². The van der Waals surface area contributed by atoms with Crippen molar-refractivity contribution in [2.75, 3.05) is 65.9 Å². The van der Waals surface area contributed by atoms with Crippen molar-refractivity contribution in [3.8, 4) is 17.4 Å². The molecule has 1 aromatic heterocycles. The molecule has 1 aliphatic heterocycles. The number of alkyl halides is 3. The molecule has 4 aromatic rings. The van der Waals surface area contributed by atoms with E-state index in [4.69, 9.17) is 14.5 Å². The molecule has 0 amide bonds. The maximum atomic E-state index is 16.3. The first-order chi connectivity index (χ1) is 21.9. The summed E-state index contributed by atoms with van der Waals surface area (Å²) in [5.74, 6) is -2.36. The molecule has 0 saturated carbocycles. The van der Waals surface area contributed by atoms with Gasteiger partial charge in [-0.1, -0.05) is 24.3 Å².